The summed E-state index contributed by atoms with van der Waals surface area (Å²) in [5.74, 6) is -1.21. The number of hydrogen-bond acceptors (Lipinski definition) is 6. The third-order valence-corrected chi connectivity index (χ3v) is 6.76. The van der Waals surface area contributed by atoms with Gasteiger partial charge in [0, 0.05) is 17.4 Å². The van der Waals surface area contributed by atoms with Crippen molar-refractivity contribution in [2.24, 2.45) is 11.8 Å². The Balaban J connectivity index is 1.85. The van der Waals surface area contributed by atoms with E-state index in [4.69, 9.17) is 14.2 Å². The molecule has 3 aliphatic rings. The van der Waals surface area contributed by atoms with Crippen LogP contribution >= 0.6 is 0 Å². The van der Waals surface area contributed by atoms with Crippen molar-refractivity contribution >= 4 is 11.8 Å². The molecule has 0 amide bonds. The van der Waals surface area contributed by atoms with Crippen molar-refractivity contribution in [3.8, 4) is 0 Å². The molecule has 3 fully saturated rings. The third kappa shape index (κ3) is 3.98. The highest BCUT2D eigenvalue weighted by molar-refractivity contribution is 5.92. The second-order valence-electron chi connectivity index (χ2n) is 8.91. The summed E-state index contributed by atoms with van der Waals surface area (Å²) < 4.78 is 16.7. The number of Topliss-reactive ketones (excluding diaryl/α,β-unsaturated/α-hetero) is 1. The average Bonchev–Trinajstić information content (AvgIpc) is 3.06. The number of ether oxygens (including phenoxy) is 3. The van der Waals surface area contributed by atoms with Crippen molar-refractivity contribution in [2.45, 2.75) is 88.8 Å². The van der Waals surface area contributed by atoms with Gasteiger partial charge in [0.25, 0.3) is 0 Å². The van der Waals surface area contributed by atoms with Gasteiger partial charge in [-0.25, -0.2) is 4.79 Å². The van der Waals surface area contributed by atoms with E-state index in [1.54, 1.807) is 6.92 Å². The summed E-state index contributed by atoms with van der Waals surface area (Å²) in [6.45, 7) is 9.61. The third-order valence-electron chi connectivity index (χ3n) is 6.76. The van der Waals surface area contributed by atoms with Gasteiger partial charge in [0.05, 0.1) is 30.5 Å². The number of aliphatic hydroxyl groups is 1. The first kappa shape index (κ1) is 20.5. The Morgan fingerprint density at radius 2 is 1.96 bits per heavy atom. The average molecular weight is 380 g/mol. The lowest BCUT2D eigenvalue weighted by molar-refractivity contribution is -0.144. The van der Waals surface area contributed by atoms with Crippen LogP contribution in [-0.2, 0) is 23.8 Å². The molecule has 3 aliphatic heterocycles. The van der Waals surface area contributed by atoms with E-state index in [1.807, 2.05) is 6.92 Å². The number of ketones is 1. The lowest BCUT2D eigenvalue weighted by atomic mass is 9.81. The lowest BCUT2D eigenvalue weighted by Gasteiger charge is -2.30. The molecule has 0 aliphatic carbocycles. The number of esters is 1. The van der Waals surface area contributed by atoms with Crippen molar-refractivity contribution in [2.75, 3.05) is 7.11 Å². The van der Waals surface area contributed by atoms with E-state index in [2.05, 4.69) is 13.5 Å². The fourth-order valence-corrected chi connectivity index (χ4v) is 4.60. The van der Waals surface area contributed by atoms with Gasteiger partial charge in [-0.3, -0.25) is 4.79 Å². The molecule has 1 N–H and O–H groups in total. The molecule has 7 unspecified atom stereocenters. The molecule has 0 radical (unpaired) electrons. The van der Waals surface area contributed by atoms with Crippen molar-refractivity contribution in [3.05, 3.63) is 12.2 Å². The molecule has 3 rings (SSSR count). The van der Waals surface area contributed by atoms with Crippen LogP contribution in [0.25, 0.3) is 0 Å². The first-order valence-electron chi connectivity index (χ1n) is 9.95. The predicted molar refractivity (Wildman–Crippen MR) is 99.1 cm³/mol. The Morgan fingerprint density at radius 3 is 2.63 bits per heavy atom. The summed E-state index contributed by atoms with van der Waals surface area (Å²) in [6, 6.07) is 0. The Labute approximate surface area is 161 Å². The topological polar surface area (TPSA) is 85.4 Å². The van der Waals surface area contributed by atoms with Gasteiger partial charge in [-0.15, -0.1) is 0 Å². The van der Waals surface area contributed by atoms with Gasteiger partial charge in [0.15, 0.2) is 5.78 Å². The van der Waals surface area contributed by atoms with E-state index in [0.717, 1.165) is 25.7 Å². The van der Waals surface area contributed by atoms with E-state index in [9.17, 15) is 14.7 Å². The summed E-state index contributed by atoms with van der Waals surface area (Å²) >= 11 is 0. The van der Waals surface area contributed by atoms with Gasteiger partial charge in [0.1, 0.15) is 6.10 Å². The zero-order chi connectivity index (χ0) is 20.0. The highest BCUT2D eigenvalue weighted by Gasteiger charge is 2.54. The number of fused-ring (bicyclic) bond motifs is 3. The van der Waals surface area contributed by atoms with E-state index in [-0.39, 0.29) is 29.0 Å². The van der Waals surface area contributed by atoms with Crippen LogP contribution in [0, 0.1) is 11.8 Å². The molecule has 3 saturated heterocycles. The minimum absolute atomic E-state index is 0.0268. The predicted octanol–water partition coefficient (Wildman–Crippen LogP) is 2.57. The molecule has 27 heavy (non-hydrogen) atoms. The monoisotopic (exact) mass is 380 g/mol. The van der Waals surface area contributed by atoms with Crippen LogP contribution in [0.4, 0.5) is 0 Å². The maximum atomic E-state index is 13.1. The molecular weight excluding hydrogens is 348 g/mol. The Bertz CT molecular complexity index is 626. The van der Waals surface area contributed by atoms with Crippen LogP contribution in [0.15, 0.2) is 12.2 Å². The van der Waals surface area contributed by atoms with Crippen molar-refractivity contribution in [3.63, 3.8) is 0 Å². The van der Waals surface area contributed by atoms with Crippen molar-refractivity contribution < 1.29 is 28.9 Å². The fraction of sp³-hybridized carbons (Fsp3) is 0.810. The summed E-state index contributed by atoms with van der Waals surface area (Å²) in [5, 5.41) is 11.0. The minimum atomic E-state index is -1.10. The van der Waals surface area contributed by atoms with E-state index in [1.165, 1.54) is 7.11 Å². The molecule has 6 nitrogen and oxygen atoms in total. The highest BCUT2D eigenvalue weighted by Crippen LogP contribution is 2.46. The SMILES string of the molecule is C=C(C(=O)OC)C1CC2OC1C(=O)C(C)CCCC1(C)OC1CCC2(C)O. The molecule has 6 heteroatoms. The molecular formula is C21H32O6. The molecule has 2 bridgehead atoms. The van der Waals surface area contributed by atoms with Crippen LogP contribution < -0.4 is 0 Å². The van der Waals surface area contributed by atoms with E-state index in [0.29, 0.717) is 12.8 Å². The Morgan fingerprint density at radius 1 is 1.26 bits per heavy atom. The molecule has 7 atom stereocenters. The van der Waals surface area contributed by atoms with Crippen LogP contribution in [0.1, 0.15) is 59.3 Å². The standard InChI is InChI=1S/C21H32O6/c1-12-7-6-9-21(4)15(27-21)8-10-20(3,24)16-11-14(13(2)19(23)25-5)18(26-16)17(12)22/h12,14-16,18,24H,2,6-11H2,1,3-5H3. The summed E-state index contributed by atoms with van der Waals surface area (Å²) in [5.41, 5.74) is -0.992. The largest absolute Gasteiger partial charge is 0.466 e. The zero-order valence-electron chi connectivity index (χ0n) is 16.8. The summed E-state index contributed by atoms with van der Waals surface area (Å²) in [6.07, 6.45) is 3.07. The van der Waals surface area contributed by atoms with E-state index < -0.39 is 29.7 Å². The Kier molecular flexibility index (Phi) is 5.54. The molecule has 0 aromatic carbocycles. The highest BCUT2D eigenvalue weighted by atomic mass is 16.6. The quantitative estimate of drug-likeness (QED) is 0.450. The second-order valence-corrected chi connectivity index (χ2v) is 8.91. The molecule has 0 saturated carbocycles. The van der Waals surface area contributed by atoms with E-state index >= 15 is 0 Å². The summed E-state index contributed by atoms with van der Waals surface area (Å²) in [7, 11) is 1.30. The van der Waals surface area contributed by atoms with Gasteiger partial charge >= 0.3 is 5.97 Å². The second kappa shape index (κ2) is 7.30. The van der Waals surface area contributed by atoms with Crippen LogP contribution in [-0.4, -0.2) is 53.5 Å². The molecule has 152 valence electrons. The summed E-state index contributed by atoms with van der Waals surface area (Å²) in [4.78, 5) is 25.1. The number of methoxy groups -OCH3 is 1. The smallest absolute Gasteiger partial charge is 0.333 e. The number of carbonyl (C=O) groups excluding carboxylic acids is 2. The van der Waals surface area contributed by atoms with Gasteiger partial charge in [0.2, 0.25) is 0 Å². The molecule has 0 aromatic rings. The van der Waals surface area contributed by atoms with Crippen molar-refractivity contribution in [1.82, 2.24) is 0 Å². The van der Waals surface area contributed by atoms with Gasteiger partial charge in [-0.1, -0.05) is 13.5 Å². The number of epoxide rings is 1. The normalized spacial score (nSPS) is 45.1. The van der Waals surface area contributed by atoms with Gasteiger partial charge in [-0.2, -0.15) is 0 Å². The molecule has 0 spiro atoms. The number of rotatable bonds is 2. The van der Waals surface area contributed by atoms with Gasteiger partial charge in [-0.05, 0) is 52.4 Å². The van der Waals surface area contributed by atoms with Crippen LogP contribution in [0.3, 0.4) is 0 Å². The fourth-order valence-electron chi connectivity index (χ4n) is 4.60. The maximum Gasteiger partial charge on any atom is 0.333 e. The first-order chi connectivity index (χ1) is 12.6. The first-order valence-corrected chi connectivity index (χ1v) is 9.95. The maximum absolute atomic E-state index is 13.1. The lowest BCUT2D eigenvalue weighted by Crippen LogP contribution is -2.40. The Hall–Kier alpha value is -1.24. The number of hydrogen-bond donors (Lipinski definition) is 1. The van der Waals surface area contributed by atoms with Crippen LogP contribution in [0.2, 0.25) is 0 Å². The zero-order valence-corrected chi connectivity index (χ0v) is 16.8. The van der Waals surface area contributed by atoms with Crippen molar-refractivity contribution in [1.29, 1.82) is 0 Å². The molecule has 3 heterocycles. The molecule has 0 aromatic heterocycles. The van der Waals surface area contributed by atoms with Gasteiger partial charge < -0.3 is 19.3 Å². The number of carbonyl (C=O) groups is 2. The minimum Gasteiger partial charge on any atom is -0.466 e. The van der Waals surface area contributed by atoms with Crippen LogP contribution in [0.5, 0.6) is 0 Å².